The smallest absolute Gasteiger partial charge is 0.318 e. The van der Waals surface area contributed by atoms with Crippen molar-refractivity contribution < 1.29 is 19.4 Å². The number of carbonyl (C=O) groups excluding carboxylic acids is 1. The number of hydrogen-bond donors (Lipinski definition) is 2. The van der Waals surface area contributed by atoms with Crippen LogP contribution in [0.5, 0.6) is 0 Å². The monoisotopic (exact) mass is 284 g/mol. The molecule has 0 aromatic heterocycles. The number of carboxylic acid groups (broad SMARTS) is 1. The van der Waals surface area contributed by atoms with Crippen LogP contribution in [0.25, 0.3) is 0 Å². The molecule has 2 rings (SSSR count). The highest BCUT2D eigenvalue weighted by Crippen LogP contribution is 2.33. The zero-order valence-corrected chi connectivity index (χ0v) is 12.2. The average molecular weight is 284 g/mol. The van der Waals surface area contributed by atoms with Crippen LogP contribution in [0.4, 0.5) is 4.79 Å². The quantitative estimate of drug-likeness (QED) is 0.825. The number of hydrogen-bond acceptors (Lipinski definition) is 3. The van der Waals surface area contributed by atoms with Crippen molar-refractivity contribution in [3.05, 3.63) is 0 Å². The summed E-state index contributed by atoms with van der Waals surface area (Å²) in [6, 6.07) is -0.157. The molecule has 114 valence electrons. The molecule has 0 spiro atoms. The van der Waals surface area contributed by atoms with Gasteiger partial charge in [0.2, 0.25) is 0 Å². The summed E-state index contributed by atoms with van der Waals surface area (Å²) in [7, 11) is 0. The zero-order valence-electron chi connectivity index (χ0n) is 12.2. The molecule has 1 aliphatic carbocycles. The van der Waals surface area contributed by atoms with Gasteiger partial charge in [-0.1, -0.05) is 12.8 Å². The first-order valence-electron chi connectivity index (χ1n) is 7.34. The summed E-state index contributed by atoms with van der Waals surface area (Å²) in [5.74, 6) is -0.851. The topological polar surface area (TPSA) is 78.9 Å². The van der Waals surface area contributed by atoms with E-state index in [0.717, 1.165) is 25.7 Å². The van der Waals surface area contributed by atoms with Gasteiger partial charge >= 0.3 is 12.0 Å². The molecule has 0 radical (unpaired) electrons. The summed E-state index contributed by atoms with van der Waals surface area (Å²) in [6.45, 7) is 5.00. The van der Waals surface area contributed by atoms with Gasteiger partial charge in [0.05, 0.1) is 24.2 Å². The summed E-state index contributed by atoms with van der Waals surface area (Å²) < 4.78 is 5.61. The highest BCUT2D eigenvalue weighted by molar-refractivity contribution is 5.77. The van der Waals surface area contributed by atoms with E-state index in [-0.39, 0.29) is 24.7 Å². The molecule has 2 fully saturated rings. The second-order valence-corrected chi connectivity index (χ2v) is 6.15. The second kappa shape index (κ2) is 5.99. The molecule has 1 saturated heterocycles. The van der Waals surface area contributed by atoms with Gasteiger partial charge in [-0.3, -0.25) is 4.79 Å². The Bertz CT molecular complexity index is 369. The average Bonchev–Trinajstić information content (AvgIpc) is 2.74. The van der Waals surface area contributed by atoms with Gasteiger partial charge in [-0.25, -0.2) is 4.79 Å². The molecular weight excluding hydrogens is 260 g/mol. The normalized spacial score (nSPS) is 29.2. The maximum atomic E-state index is 12.4. The fourth-order valence-electron chi connectivity index (χ4n) is 3.34. The molecule has 6 nitrogen and oxygen atoms in total. The predicted octanol–water partition coefficient (Wildman–Crippen LogP) is 1.59. The first kappa shape index (κ1) is 15.1. The maximum absolute atomic E-state index is 12.4. The van der Waals surface area contributed by atoms with Crippen LogP contribution in [-0.2, 0) is 9.53 Å². The van der Waals surface area contributed by atoms with Crippen molar-refractivity contribution in [2.75, 3.05) is 13.1 Å². The lowest BCUT2D eigenvalue weighted by atomic mass is 9.93. The number of ether oxygens (including phenoxy) is 1. The first-order chi connectivity index (χ1) is 9.40. The Hall–Kier alpha value is -1.30. The van der Waals surface area contributed by atoms with E-state index in [1.54, 1.807) is 4.90 Å². The van der Waals surface area contributed by atoms with Crippen molar-refractivity contribution in [2.45, 2.75) is 63.7 Å². The minimum atomic E-state index is -0.851. The van der Waals surface area contributed by atoms with Crippen molar-refractivity contribution in [2.24, 2.45) is 0 Å². The van der Waals surface area contributed by atoms with Crippen molar-refractivity contribution >= 4 is 12.0 Å². The molecule has 0 unspecified atom stereocenters. The molecule has 2 N–H and O–H groups in total. The molecule has 0 bridgehead atoms. The van der Waals surface area contributed by atoms with Crippen LogP contribution in [0, 0.1) is 0 Å². The van der Waals surface area contributed by atoms with Gasteiger partial charge in [0, 0.05) is 13.1 Å². The minimum Gasteiger partial charge on any atom is -0.481 e. The summed E-state index contributed by atoms with van der Waals surface area (Å²) in [5, 5.41) is 12.0. The molecule has 2 atom stereocenters. The number of carboxylic acids is 1. The number of nitrogens with zero attached hydrogens (tertiary/aromatic N) is 1. The van der Waals surface area contributed by atoms with E-state index in [1.165, 1.54) is 0 Å². The number of morpholine rings is 1. The molecular formula is C14H24N2O4. The highest BCUT2D eigenvalue weighted by atomic mass is 16.5. The maximum Gasteiger partial charge on any atom is 0.318 e. The third-order valence-electron chi connectivity index (χ3n) is 4.13. The van der Waals surface area contributed by atoms with E-state index in [4.69, 9.17) is 9.84 Å². The van der Waals surface area contributed by atoms with Crippen molar-refractivity contribution in [1.82, 2.24) is 10.2 Å². The highest BCUT2D eigenvalue weighted by Gasteiger charge is 2.39. The number of aliphatic carboxylic acids is 1. The van der Waals surface area contributed by atoms with Crippen molar-refractivity contribution in [1.29, 1.82) is 0 Å². The number of nitrogens with one attached hydrogen (secondary N) is 1. The second-order valence-electron chi connectivity index (χ2n) is 6.15. The van der Waals surface area contributed by atoms with Gasteiger partial charge in [0.25, 0.3) is 0 Å². The zero-order chi connectivity index (χ0) is 14.8. The fraction of sp³-hybridized carbons (Fsp3) is 0.857. The van der Waals surface area contributed by atoms with Crippen LogP contribution < -0.4 is 5.32 Å². The van der Waals surface area contributed by atoms with Crippen LogP contribution in [0.1, 0.15) is 46.0 Å². The van der Waals surface area contributed by atoms with E-state index in [2.05, 4.69) is 5.32 Å². The number of rotatable bonds is 3. The molecule has 2 aliphatic rings. The Morgan fingerprint density at radius 2 is 1.80 bits per heavy atom. The van der Waals surface area contributed by atoms with Crippen LogP contribution in [0.3, 0.4) is 0 Å². The standard InChI is InChI=1S/C14H24N2O4/c1-10-8-16(9-11(2)20-10)13(19)15-14(7-12(17)18)5-3-4-6-14/h10-11H,3-9H2,1-2H3,(H,15,19)(H,17,18)/t10-,11+. The number of amides is 2. The third-order valence-corrected chi connectivity index (χ3v) is 4.13. The lowest BCUT2D eigenvalue weighted by Crippen LogP contribution is -2.57. The largest absolute Gasteiger partial charge is 0.481 e. The summed E-state index contributed by atoms with van der Waals surface area (Å²) in [6.07, 6.45) is 3.49. The third kappa shape index (κ3) is 3.62. The van der Waals surface area contributed by atoms with Crippen molar-refractivity contribution in [3.8, 4) is 0 Å². The number of urea groups is 1. The van der Waals surface area contributed by atoms with Gasteiger partial charge in [-0.15, -0.1) is 0 Å². The van der Waals surface area contributed by atoms with Gasteiger partial charge < -0.3 is 20.1 Å². The van der Waals surface area contributed by atoms with E-state index in [9.17, 15) is 9.59 Å². The molecule has 1 aliphatic heterocycles. The molecule has 1 heterocycles. The summed E-state index contributed by atoms with van der Waals surface area (Å²) >= 11 is 0. The molecule has 0 aromatic carbocycles. The van der Waals surface area contributed by atoms with Crippen LogP contribution >= 0.6 is 0 Å². The molecule has 1 saturated carbocycles. The molecule has 6 heteroatoms. The van der Waals surface area contributed by atoms with E-state index < -0.39 is 11.5 Å². The minimum absolute atomic E-state index is 0.00812. The summed E-state index contributed by atoms with van der Waals surface area (Å²) in [5.41, 5.74) is -0.562. The Labute approximate surface area is 119 Å². The van der Waals surface area contributed by atoms with Crippen LogP contribution in [0.2, 0.25) is 0 Å². The van der Waals surface area contributed by atoms with Crippen LogP contribution in [-0.4, -0.2) is 52.8 Å². The fourth-order valence-corrected chi connectivity index (χ4v) is 3.34. The molecule has 20 heavy (non-hydrogen) atoms. The first-order valence-corrected chi connectivity index (χ1v) is 7.34. The molecule has 0 aromatic rings. The van der Waals surface area contributed by atoms with Crippen molar-refractivity contribution in [3.63, 3.8) is 0 Å². The van der Waals surface area contributed by atoms with E-state index in [0.29, 0.717) is 13.1 Å². The Morgan fingerprint density at radius 1 is 1.25 bits per heavy atom. The lowest BCUT2D eigenvalue weighted by molar-refractivity contribution is -0.138. The van der Waals surface area contributed by atoms with E-state index in [1.807, 2.05) is 13.8 Å². The van der Waals surface area contributed by atoms with Crippen LogP contribution in [0.15, 0.2) is 0 Å². The Balaban J connectivity index is 1.99. The van der Waals surface area contributed by atoms with Gasteiger partial charge in [-0.2, -0.15) is 0 Å². The summed E-state index contributed by atoms with van der Waals surface area (Å²) in [4.78, 5) is 25.2. The molecule has 2 amide bonds. The lowest BCUT2D eigenvalue weighted by Gasteiger charge is -2.38. The predicted molar refractivity (Wildman–Crippen MR) is 73.6 cm³/mol. The van der Waals surface area contributed by atoms with Gasteiger partial charge in [-0.05, 0) is 26.7 Å². The Kier molecular flexibility index (Phi) is 4.52. The van der Waals surface area contributed by atoms with Gasteiger partial charge in [0.15, 0.2) is 0 Å². The number of carbonyl (C=O) groups is 2. The van der Waals surface area contributed by atoms with Gasteiger partial charge in [0.1, 0.15) is 0 Å². The Morgan fingerprint density at radius 3 is 2.30 bits per heavy atom. The SMILES string of the molecule is C[C@@H]1CN(C(=O)NC2(CC(=O)O)CCCC2)C[C@H](C)O1. The van der Waals surface area contributed by atoms with E-state index >= 15 is 0 Å².